The first-order valence-electron chi connectivity index (χ1n) is 4.55. The lowest BCUT2D eigenvalue weighted by molar-refractivity contribution is 0.0482. The SMILES string of the molecule is CC(CO)(CO)C(=O)c1cccc(Cl)c1. The zero-order chi connectivity index (χ0) is 11.5. The number of carbonyl (C=O) groups excluding carboxylic acids is 1. The second kappa shape index (κ2) is 4.75. The molecule has 0 unspecified atom stereocenters. The van der Waals surface area contributed by atoms with Gasteiger partial charge in [-0.3, -0.25) is 4.79 Å². The van der Waals surface area contributed by atoms with Crippen molar-refractivity contribution in [2.75, 3.05) is 13.2 Å². The fourth-order valence-corrected chi connectivity index (χ4v) is 1.36. The van der Waals surface area contributed by atoms with Crippen LogP contribution in [0.25, 0.3) is 0 Å². The first kappa shape index (κ1) is 12.2. The van der Waals surface area contributed by atoms with Crippen LogP contribution in [0.3, 0.4) is 0 Å². The molecule has 0 aromatic heterocycles. The third-order valence-corrected chi connectivity index (χ3v) is 2.57. The third-order valence-electron chi connectivity index (χ3n) is 2.33. The van der Waals surface area contributed by atoms with E-state index in [-0.39, 0.29) is 5.78 Å². The summed E-state index contributed by atoms with van der Waals surface area (Å²) in [4.78, 5) is 11.9. The van der Waals surface area contributed by atoms with Crippen LogP contribution in [0.5, 0.6) is 0 Å². The minimum absolute atomic E-state index is 0.310. The van der Waals surface area contributed by atoms with E-state index in [4.69, 9.17) is 21.8 Å². The van der Waals surface area contributed by atoms with Crippen molar-refractivity contribution in [1.29, 1.82) is 0 Å². The topological polar surface area (TPSA) is 57.5 Å². The summed E-state index contributed by atoms with van der Waals surface area (Å²) in [6.07, 6.45) is 0. The normalized spacial score (nSPS) is 11.5. The highest BCUT2D eigenvalue weighted by Crippen LogP contribution is 2.23. The smallest absolute Gasteiger partial charge is 0.173 e. The average molecular weight is 229 g/mol. The number of aliphatic hydroxyl groups is 2. The molecule has 0 radical (unpaired) electrons. The Bertz CT molecular complexity index is 359. The number of hydrogen-bond donors (Lipinski definition) is 2. The zero-order valence-corrected chi connectivity index (χ0v) is 9.16. The van der Waals surface area contributed by atoms with Gasteiger partial charge in [-0.15, -0.1) is 0 Å². The van der Waals surface area contributed by atoms with Crippen molar-refractivity contribution < 1.29 is 15.0 Å². The maximum atomic E-state index is 11.9. The van der Waals surface area contributed by atoms with Gasteiger partial charge >= 0.3 is 0 Å². The molecule has 1 aromatic carbocycles. The lowest BCUT2D eigenvalue weighted by atomic mass is 9.84. The van der Waals surface area contributed by atoms with Crippen LogP contribution >= 0.6 is 11.6 Å². The molecule has 1 aromatic rings. The van der Waals surface area contributed by atoms with E-state index in [1.807, 2.05) is 0 Å². The Morgan fingerprint density at radius 1 is 1.40 bits per heavy atom. The van der Waals surface area contributed by atoms with E-state index < -0.39 is 18.6 Å². The van der Waals surface area contributed by atoms with Crippen LogP contribution in [0.4, 0.5) is 0 Å². The molecule has 0 heterocycles. The second-order valence-electron chi connectivity index (χ2n) is 3.72. The Morgan fingerprint density at radius 2 is 2.00 bits per heavy atom. The molecule has 0 aliphatic heterocycles. The van der Waals surface area contributed by atoms with Gasteiger partial charge in [0.25, 0.3) is 0 Å². The molecule has 0 bridgehead atoms. The molecule has 0 aliphatic carbocycles. The predicted molar refractivity (Wildman–Crippen MR) is 58.1 cm³/mol. The molecular formula is C11H13ClO3. The van der Waals surface area contributed by atoms with Crippen molar-refractivity contribution in [1.82, 2.24) is 0 Å². The molecule has 0 spiro atoms. The highest BCUT2D eigenvalue weighted by molar-refractivity contribution is 6.31. The fraction of sp³-hybridized carbons (Fsp3) is 0.364. The van der Waals surface area contributed by atoms with Crippen molar-refractivity contribution in [3.8, 4) is 0 Å². The summed E-state index contributed by atoms with van der Waals surface area (Å²) in [6, 6.07) is 6.45. The maximum absolute atomic E-state index is 11.9. The van der Waals surface area contributed by atoms with Gasteiger partial charge in [0, 0.05) is 10.6 Å². The Morgan fingerprint density at radius 3 is 2.47 bits per heavy atom. The third kappa shape index (κ3) is 2.56. The van der Waals surface area contributed by atoms with E-state index in [0.29, 0.717) is 10.6 Å². The Balaban J connectivity index is 3.03. The van der Waals surface area contributed by atoms with E-state index in [1.54, 1.807) is 18.2 Å². The van der Waals surface area contributed by atoms with Crippen LogP contribution in [0, 0.1) is 5.41 Å². The summed E-state index contributed by atoms with van der Waals surface area (Å²) in [6.45, 7) is 0.722. The summed E-state index contributed by atoms with van der Waals surface area (Å²) in [5, 5.41) is 18.6. The predicted octanol–water partition coefficient (Wildman–Crippen LogP) is 1.51. The lowest BCUT2D eigenvalue weighted by Gasteiger charge is -2.22. The number of carbonyl (C=O) groups is 1. The second-order valence-corrected chi connectivity index (χ2v) is 4.15. The molecule has 82 valence electrons. The molecule has 0 atom stereocenters. The number of ketones is 1. The van der Waals surface area contributed by atoms with Crippen molar-refractivity contribution in [3.63, 3.8) is 0 Å². The Labute approximate surface area is 93.3 Å². The summed E-state index contributed by atoms with van der Waals surface area (Å²) in [7, 11) is 0. The van der Waals surface area contributed by atoms with E-state index in [2.05, 4.69) is 0 Å². The fourth-order valence-electron chi connectivity index (χ4n) is 1.17. The monoisotopic (exact) mass is 228 g/mol. The summed E-state index contributed by atoms with van der Waals surface area (Å²) in [5.74, 6) is -0.310. The molecule has 0 amide bonds. The highest BCUT2D eigenvalue weighted by Gasteiger charge is 2.32. The van der Waals surface area contributed by atoms with Crippen molar-refractivity contribution >= 4 is 17.4 Å². The first-order valence-corrected chi connectivity index (χ1v) is 4.93. The van der Waals surface area contributed by atoms with E-state index in [9.17, 15) is 4.79 Å². The van der Waals surface area contributed by atoms with Crippen molar-refractivity contribution in [2.45, 2.75) is 6.92 Å². The van der Waals surface area contributed by atoms with Gasteiger partial charge in [0.2, 0.25) is 0 Å². The van der Waals surface area contributed by atoms with Gasteiger partial charge < -0.3 is 10.2 Å². The van der Waals surface area contributed by atoms with Gasteiger partial charge in [-0.1, -0.05) is 23.7 Å². The van der Waals surface area contributed by atoms with Gasteiger partial charge in [-0.25, -0.2) is 0 Å². The van der Waals surface area contributed by atoms with Crippen molar-refractivity contribution in [3.05, 3.63) is 34.9 Å². The molecular weight excluding hydrogens is 216 g/mol. The van der Waals surface area contributed by atoms with Crippen LogP contribution in [0.15, 0.2) is 24.3 Å². The van der Waals surface area contributed by atoms with E-state index in [1.165, 1.54) is 13.0 Å². The van der Waals surface area contributed by atoms with E-state index >= 15 is 0 Å². The Hall–Kier alpha value is -0.900. The largest absolute Gasteiger partial charge is 0.395 e. The van der Waals surface area contributed by atoms with Crippen molar-refractivity contribution in [2.24, 2.45) is 5.41 Å². The maximum Gasteiger partial charge on any atom is 0.173 e. The summed E-state index contributed by atoms with van der Waals surface area (Å²) < 4.78 is 0. The molecule has 0 saturated heterocycles. The van der Waals surface area contributed by atoms with Gasteiger partial charge in [-0.05, 0) is 19.1 Å². The average Bonchev–Trinajstić information content (AvgIpc) is 2.27. The number of aliphatic hydroxyl groups excluding tert-OH is 2. The zero-order valence-electron chi connectivity index (χ0n) is 8.40. The van der Waals surface area contributed by atoms with E-state index in [0.717, 1.165) is 0 Å². The molecule has 0 fully saturated rings. The Kier molecular flexibility index (Phi) is 3.85. The summed E-state index contributed by atoms with van der Waals surface area (Å²) >= 11 is 5.75. The van der Waals surface area contributed by atoms with Crippen LogP contribution < -0.4 is 0 Å². The van der Waals surface area contributed by atoms with Crippen LogP contribution in [0.1, 0.15) is 17.3 Å². The molecule has 0 aliphatic rings. The lowest BCUT2D eigenvalue weighted by Crippen LogP contribution is -2.35. The molecule has 2 N–H and O–H groups in total. The number of hydrogen-bond acceptors (Lipinski definition) is 3. The van der Waals surface area contributed by atoms with Gasteiger partial charge in [0.05, 0.1) is 18.6 Å². The molecule has 1 rings (SSSR count). The summed E-state index contributed by atoms with van der Waals surface area (Å²) in [5.41, 5.74) is -0.752. The number of rotatable bonds is 4. The molecule has 3 nitrogen and oxygen atoms in total. The number of Topliss-reactive ketones (excluding diaryl/α,β-unsaturated/α-hetero) is 1. The molecule has 0 saturated carbocycles. The molecule has 15 heavy (non-hydrogen) atoms. The quantitative estimate of drug-likeness (QED) is 0.769. The van der Waals surface area contributed by atoms with Gasteiger partial charge in [-0.2, -0.15) is 0 Å². The molecule has 4 heteroatoms. The standard InChI is InChI=1S/C11H13ClO3/c1-11(6-13,7-14)10(15)8-3-2-4-9(12)5-8/h2-5,13-14H,6-7H2,1H3. The minimum Gasteiger partial charge on any atom is -0.395 e. The van der Waals surface area contributed by atoms with Crippen LogP contribution in [-0.2, 0) is 0 Å². The van der Waals surface area contributed by atoms with Crippen LogP contribution in [0.2, 0.25) is 5.02 Å². The number of benzene rings is 1. The van der Waals surface area contributed by atoms with Gasteiger partial charge in [0.1, 0.15) is 0 Å². The van der Waals surface area contributed by atoms with Gasteiger partial charge in [0.15, 0.2) is 5.78 Å². The number of halogens is 1. The van der Waals surface area contributed by atoms with Crippen LogP contribution in [-0.4, -0.2) is 29.2 Å². The highest BCUT2D eigenvalue weighted by atomic mass is 35.5. The minimum atomic E-state index is -1.15. The first-order chi connectivity index (χ1) is 7.03.